The van der Waals surface area contributed by atoms with Gasteiger partial charge in [0.1, 0.15) is 0 Å². The predicted octanol–water partition coefficient (Wildman–Crippen LogP) is 1.36. The van der Waals surface area contributed by atoms with E-state index in [4.69, 9.17) is 15.3 Å². The lowest BCUT2D eigenvalue weighted by Crippen LogP contribution is -2.13. The molecular weight excluding hydrogens is 272 g/mol. The zero-order valence-electron chi connectivity index (χ0n) is 9.53. The van der Waals surface area contributed by atoms with Crippen LogP contribution in [0.4, 0.5) is 11.4 Å². The van der Waals surface area contributed by atoms with E-state index in [0.29, 0.717) is 0 Å². The van der Waals surface area contributed by atoms with E-state index >= 15 is 0 Å². The Morgan fingerprint density at radius 3 is 2.47 bits per heavy atom. The van der Waals surface area contributed by atoms with Crippen molar-refractivity contribution in [2.45, 2.75) is 5.09 Å². The van der Waals surface area contributed by atoms with E-state index < -0.39 is 26.8 Å². The molecule has 0 bridgehead atoms. The van der Waals surface area contributed by atoms with Crippen molar-refractivity contribution in [3.63, 3.8) is 0 Å². The number of nitrogens with one attached hydrogen (secondary N) is 1. The molecule has 0 spiro atoms. The van der Waals surface area contributed by atoms with Gasteiger partial charge in [0.05, 0.1) is 11.4 Å². The van der Waals surface area contributed by atoms with Gasteiger partial charge in [-0.25, -0.2) is 4.79 Å². The highest BCUT2D eigenvalue weighted by Gasteiger charge is 2.21. The zero-order valence-corrected chi connectivity index (χ0v) is 10.3. The Morgan fingerprint density at radius 1 is 1.21 bits per heavy atom. The smallest absolute Gasteiger partial charge is 0.371 e. The summed E-state index contributed by atoms with van der Waals surface area (Å²) in [6, 6.07) is 8.40. The number of nitrogens with two attached hydrogens (primary N) is 1. The summed E-state index contributed by atoms with van der Waals surface area (Å²) >= 11 is 0. The van der Waals surface area contributed by atoms with Crippen molar-refractivity contribution in [2.24, 2.45) is 0 Å². The molecule has 0 fully saturated rings. The van der Waals surface area contributed by atoms with Gasteiger partial charge in [0, 0.05) is 0 Å². The highest BCUT2D eigenvalue weighted by Crippen LogP contribution is 2.22. The Morgan fingerprint density at radius 2 is 1.89 bits per heavy atom. The maximum Gasteiger partial charge on any atom is 0.371 e. The molecule has 0 aliphatic carbocycles. The number of carboxylic acids is 1. The fourth-order valence-electron chi connectivity index (χ4n) is 1.36. The van der Waals surface area contributed by atoms with E-state index in [9.17, 15) is 13.2 Å². The van der Waals surface area contributed by atoms with Gasteiger partial charge in [0.15, 0.2) is 0 Å². The second kappa shape index (κ2) is 4.65. The molecule has 1 heterocycles. The van der Waals surface area contributed by atoms with Gasteiger partial charge in [-0.05, 0) is 24.3 Å². The Labute approximate surface area is 108 Å². The van der Waals surface area contributed by atoms with Gasteiger partial charge in [-0.2, -0.15) is 8.42 Å². The molecule has 8 heteroatoms. The number of sulfonamides is 1. The molecular formula is C11H10N2O5S. The van der Waals surface area contributed by atoms with E-state index in [1.807, 2.05) is 0 Å². The number of hydrogen-bond acceptors (Lipinski definition) is 5. The molecule has 0 atom stereocenters. The number of carbonyl (C=O) groups is 1. The van der Waals surface area contributed by atoms with Gasteiger partial charge >= 0.3 is 5.97 Å². The van der Waals surface area contributed by atoms with Crippen molar-refractivity contribution >= 4 is 27.4 Å². The number of nitrogen functional groups attached to an aromatic ring is 1. The number of hydrogen-bond donors (Lipinski definition) is 3. The third kappa shape index (κ3) is 2.68. The third-order valence-electron chi connectivity index (χ3n) is 2.26. The van der Waals surface area contributed by atoms with Crippen LogP contribution in [0.5, 0.6) is 0 Å². The van der Waals surface area contributed by atoms with Crippen LogP contribution in [0.3, 0.4) is 0 Å². The Bertz CT molecular complexity index is 720. The summed E-state index contributed by atoms with van der Waals surface area (Å²) in [5, 5.41) is 8.18. The number of para-hydroxylation sites is 2. The molecule has 1 aromatic carbocycles. The van der Waals surface area contributed by atoms with Crippen LogP contribution in [0.15, 0.2) is 45.9 Å². The van der Waals surface area contributed by atoms with Crippen molar-refractivity contribution in [3.8, 4) is 0 Å². The van der Waals surface area contributed by atoms with Gasteiger partial charge in [-0.15, -0.1) is 0 Å². The molecule has 0 radical (unpaired) electrons. The van der Waals surface area contributed by atoms with Crippen molar-refractivity contribution in [1.82, 2.24) is 0 Å². The highest BCUT2D eigenvalue weighted by atomic mass is 32.2. The van der Waals surface area contributed by atoms with E-state index in [1.165, 1.54) is 12.1 Å². The highest BCUT2D eigenvalue weighted by molar-refractivity contribution is 7.92. The summed E-state index contributed by atoms with van der Waals surface area (Å²) in [5.74, 6) is -1.80. The first kappa shape index (κ1) is 13.0. The minimum atomic E-state index is -4.01. The fraction of sp³-hybridized carbons (Fsp3) is 0. The maximum absolute atomic E-state index is 11.9. The number of aromatic carboxylic acids is 1. The van der Waals surface area contributed by atoms with Crippen LogP contribution < -0.4 is 10.5 Å². The molecule has 2 rings (SSSR count). The molecule has 100 valence electrons. The van der Waals surface area contributed by atoms with Crippen molar-refractivity contribution in [3.05, 3.63) is 42.2 Å². The summed E-state index contributed by atoms with van der Waals surface area (Å²) in [4.78, 5) is 10.6. The number of benzene rings is 1. The lowest BCUT2D eigenvalue weighted by atomic mass is 10.3. The fourth-order valence-corrected chi connectivity index (χ4v) is 2.39. The first-order valence-corrected chi connectivity index (χ1v) is 6.59. The number of rotatable bonds is 4. The van der Waals surface area contributed by atoms with Crippen LogP contribution in [0, 0.1) is 0 Å². The summed E-state index contributed by atoms with van der Waals surface area (Å²) in [6.45, 7) is 0. The van der Waals surface area contributed by atoms with Gasteiger partial charge in [0.25, 0.3) is 10.0 Å². The van der Waals surface area contributed by atoms with Crippen molar-refractivity contribution in [1.29, 1.82) is 0 Å². The lowest BCUT2D eigenvalue weighted by molar-refractivity contribution is 0.0656. The van der Waals surface area contributed by atoms with E-state index in [2.05, 4.69) is 4.72 Å². The molecule has 0 amide bonds. The Balaban J connectivity index is 2.32. The SMILES string of the molecule is Nc1ccccc1NS(=O)(=O)c1ccc(C(=O)O)o1. The van der Waals surface area contributed by atoms with Gasteiger partial charge < -0.3 is 15.3 Å². The second-order valence-corrected chi connectivity index (χ2v) is 5.23. The van der Waals surface area contributed by atoms with Crippen LogP contribution >= 0.6 is 0 Å². The van der Waals surface area contributed by atoms with Gasteiger partial charge in [0.2, 0.25) is 10.9 Å². The maximum atomic E-state index is 11.9. The Kier molecular flexibility index (Phi) is 3.17. The monoisotopic (exact) mass is 282 g/mol. The summed E-state index contributed by atoms with van der Waals surface area (Å²) in [6.07, 6.45) is 0. The summed E-state index contributed by atoms with van der Waals surface area (Å²) in [5.41, 5.74) is 6.04. The number of furan rings is 1. The van der Waals surface area contributed by atoms with E-state index in [-0.39, 0.29) is 11.4 Å². The van der Waals surface area contributed by atoms with Crippen molar-refractivity contribution < 1.29 is 22.7 Å². The standard InChI is InChI=1S/C11H10N2O5S/c12-7-3-1-2-4-8(7)13-19(16,17)10-6-5-9(18-10)11(14)15/h1-6,13H,12H2,(H,14,15). The first-order chi connectivity index (χ1) is 8.90. The largest absolute Gasteiger partial charge is 0.475 e. The molecule has 0 aliphatic heterocycles. The van der Waals surface area contributed by atoms with Gasteiger partial charge in [-0.3, -0.25) is 4.72 Å². The van der Waals surface area contributed by atoms with E-state index in [1.54, 1.807) is 12.1 Å². The minimum absolute atomic E-state index is 0.191. The molecule has 0 unspecified atom stereocenters. The van der Waals surface area contributed by atoms with Crippen LogP contribution in [0.25, 0.3) is 0 Å². The Hall–Kier alpha value is -2.48. The van der Waals surface area contributed by atoms with Crippen LogP contribution in [0.1, 0.15) is 10.6 Å². The average Bonchev–Trinajstić information content (AvgIpc) is 2.82. The number of carboxylic acid groups (broad SMARTS) is 1. The summed E-state index contributed by atoms with van der Waals surface area (Å²) < 4.78 is 30.8. The van der Waals surface area contributed by atoms with Crippen LogP contribution in [-0.2, 0) is 10.0 Å². The molecule has 0 aliphatic rings. The second-order valence-electron chi connectivity index (χ2n) is 3.62. The van der Waals surface area contributed by atoms with Crippen LogP contribution in [0.2, 0.25) is 0 Å². The lowest BCUT2D eigenvalue weighted by Gasteiger charge is -2.07. The van der Waals surface area contributed by atoms with Gasteiger partial charge in [-0.1, -0.05) is 12.1 Å². The molecule has 2 aromatic rings. The average molecular weight is 282 g/mol. The predicted molar refractivity (Wildman–Crippen MR) is 67.3 cm³/mol. The molecule has 4 N–H and O–H groups in total. The molecule has 7 nitrogen and oxygen atoms in total. The first-order valence-electron chi connectivity index (χ1n) is 5.10. The topological polar surface area (TPSA) is 123 Å². The molecule has 0 saturated heterocycles. The zero-order chi connectivity index (χ0) is 14.0. The molecule has 19 heavy (non-hydrogen) atoms. The number of anilines is 2. The summed E-state index contributed by atoms with van der Waals surface area (Å²) in [7, 11) is -4.01. The van der Waals surface area contributed by atoms with Crippen molar-refractivity contribution in [2.75, 3.05) is 10.5 Å². The normalized spacial score (nSPS) is 11.2. The minimum Gasteiger partial charge on any atom is -0.475 e. The molecule has 0 saturated carbocycles. The van der Waals surface area contributed by atoms with Crippen LogP contribution in [-0.4, -0.2) is 19.5 Å². The third-order valence-corrected chi connectivity index (χ3v) is 3.50. The quantitative estimate of drug-likeness (QED) is 0.727. The van der Waals surface area contributed by atoms with E-state index in [0.717, 1.165) is 12.1 Å². The molecule has 1 aromatic heterocycles.